The van der Waals surface area contributed by atoms with E-state index < -0.39 is 22.0 Å². The summed E-state index contributed by atoms with van der Waals surface area (Å²) in [6.07, 6.45) is 2.61. The van der Waals surface area contributed by atoms with Gasteiger partial charge in [-0.3, -0.25) is 9.69 Å². The van der Waals surface area contributed by atoms with Crippen LogP contribution in [0.1, 0.15) is 19.3 Å². The molecule has 2 aliphatic rings. The second-order valence-electron chi connectivity index (χ2n) is 6.72. The van der Waals surface area contributed by atoms with Crippen molar-refractivity contribution < 1.29 is 27.8 Å². The third kappa shape index (κ3) is 5.57. The van der Waals surface area contributed by atoms with Gasteiger partial charge in [0.15, 0.2) is 0 Å². The van der Waals surface area contributed by atoms with Crippen molar-refractivity contribution in [1.82, 2.24) is 9.21 Å². The number of nitrogens with zero attached hydrogens (tertiary/aromatic N) is 2. The largest absolute Gasteiger partial charge is 0.492 e. The van der Waals surface area contributed by atoms with Gasteiger partial charge in [0.05, 0.1) is 18.1 Å². The zero-order valence-corrected chi connectivity index (χ0v) is 17.3. The van der Waals surface area contributed by atoms with Gasteiger partial charge in [-0.2, -0.15) is 4.31 Å². The lowest BCUT2D eigenvalue weighted by Crippen LogP contribution is -2.46. The van der Waals surface area contributed by atoms with Crippen LogP contribution in [0.15, 0.2) is 29.2 Å². The summed E-state index contributed by atoms with van der Waals surface area (Å²) in [6.45, 7) is 3.20. The Balaban J connectivity index is 0.00000280. The maximum Gasteiger partial charge on any atom is 0.320 e. The van der Waals surface area contributed by atoms with Crippen molar-refractivity contribution in [3.8, 4) is 5.75 Å². The maximum atomic E-state index is 12.6. The van der Waals surface area contributed by atoms with Crippen LogP contribution in [0.3, 0.4) is 0 Å². The van der Waals surface area contributed by atoms with Gasteiger partial charge in [0, 0.05) is 19.6 Å². The van der Waals surface area contributed by atoms with E-state index in [9.17, 15) is 18.3 Å². The van der Waals surface area contributed by atoms with E-state index in [1.54, 1.807) is 24.3 Å². The predicted octanol–water partition coefficient (Wildman–Crippen LogP) is 1.45. The molecule has 1 aromatic carbocycles. The van der Waals surface area contributed by atoms with Crippen molar-refractivity contribution in [2.45, 2.75) is 30.2 Å². The molecule has 3 rings (SSSR count). The Morgan fingerprint density at radius 3 is 2.46 bits per heavy atom. The lowest BCUT2D eigenvalue weighted by atomic mass is 10.0. The number of ether oxygens (including phenoxy) is 2. The third-order valence-corrected chi connectivity index (χ3v) is 6.89. The number of piperidine rings is 1. The summed E-state index contributed by atoms with van der Waals surface area (Å²) in [5, 5.41) is 9.29. The van der Waals surface area contributed by atoms with Gasteiger partial charge in [-0.05, 0) is 43.7 Å². The average Bonchev–Trinajstić information content (AvgIpc) is 2.69. The molecule has 2 saturated heterocycles. The third-order valence-electron chi connectivity index (χ3n) is 4.98. The highest BCUT2D eigenvalue weighted by Crippen LogP contribution is 2.21. The van der Waals surface area contributed by atoms with Crippen LogP contribution in [0.4, 0.5) is 0 Å². The number of rotatable bonds is 7. The fourth-order valence-electron chi connectivity index (χ4n) is 3.46. The Labute approximate surface area is 171 Å². The molecule has 0 bridgehead atoms. The average molecular weight is 435 g/mol. The van der Waals surface area contributed by atoms with E-state index >= 15 is 0 Å². The topological polar surface area (TPSA) is 96.4 Å². The number of hydrogen-bond donors (Lipinski definition) is 1. The molecule has 0 spiro atoms. The first-order valence-electron chi connectivity index (χ1n) is 9.26. The first-order valence-corrected chi connectivity index (χ1v) is 10.7. The smallest absolute Gasteiger partial charge is 0.320 e. The molecule has 0 aliphatic carbocycles. The van der Waals surface area contributed by atoms with Gasteiger partial charge in [0.1, 0.15) is 18.4 Å². The Morgan fingerprint density at radius 1 is 1.14 bits per heavy atom. The number of carboxylic acids is 1. The number of morpholine rings is 1. The fraction of sp³-hybridized carbons (Fsp3) is 0.611. The zero-order valence-electron chi connectivity index (χ0n) is 15.7. The van der Waals surface area contributed by atoms with Crippen molar-refractivity contribution in [3.63, 3.8) is 0 Å². The van der Waals surface area contributed by atoms with Crippen LogP contribution in [0.25, 0.3) is 0 Å². The predicted molar refractivity (Wildman–Crippen MR) is 106 cm³/mol. The van der Waals surface area contributed by atoms with Crippen molar-refractivity contribution in [1.29, 1.82) is 0 Å². The second-order valence-corrected chi connectivity index (χ2v) is 8.66. The van der Waals surface area contributed by atoms with E-state index in [-0.39, 0.29) is 17.3 Å². The summed E-state index contributed by atoms with van der Waals surface area (Å²) in [5.41, 5.74) is 0. The number of hydrogen-bond acceptors (Lipinski definition) is 6. The zero-order chi connectivity index (χ0) is 19.3. The summed E-state index contributed by atoms with van der Waals surface area (Å²) in [4.78, 5) is 13.5. The highest BCUT2D eigenvalue weighted by atomic mass is 35.5. The molecule has 1 N–H and O–H groups in total. The summed E-state index contributed by atoms with van der Waals surface area (Å²) in [5.74, 6) is -0.216. The van der Waals surface area contributed by atoms with E-state index in [0.29, 0.717) is 51.6 Å². The SMILES string of the molecule is Cl.O=C(O)C1CCCCN1CCOc1ccc(S(=O)(=O)N2CCOCC2)cc1. The van der Waals surface area contributed by atoms with Crippen LogP contribution in [-0.4, -0.2) is 80.7 Å². The molecule has 2 fully saturated rings. The second kappa shape index (κ2) is 10.4. The number of halogens is 1. The fourth-order valence-corrected chi connectivity index (χ4v) is 4.87. The Bertz CT molecular complexity index is 737. The van der Waals surface area contributed by atoms with Gasteiger partial charge in [-0.15, -0.1) is 12.4 Å². The van der Waals surface area contributed by atoms with Crippen molar-refractivity contribution in [3.05, 3.63) is 24.3 Å². The molecule has 158 valence electrons. The molecule has 1 atom stereocenters. The Hall–Kier alpha value is -1.39. The normalized spacial score (nSPS) is 21.6. The molecule has 8 nitrogen and oxygen atoms in total. The van der Waals surface area contributed by atoms with Crippen LogP contribution in [0.2, 0.25) is 0 Å². The molecule has 2 heterocycles. The molecule has 28 heavy (non-hydrogen) atoms. The van der Waals surface area contributed by atoms with Gasteiger partial charge in [0.2, 0.25) is 10.0 Å². The van der Waals surface area contributed by atoms with E-state index in [1.165, 1.54) is 4.31 Å². The lowest BCUT2D eigenvalue weighted by molar-refractivity contribution is -0.144. The summed E-state index contributed by atoms with van der Waals surface area (Å²) < 4.78 is 37.5. The van der Waals surface area contributed by atoms with Gasteiger partial charge in [0.25, 0.3) is 0 Å². The van der Waals surface area contributed by atoms with Crippen LogP contribution >= 0.6 is 12.4 Å². The van der Waals surface area contributed by atoms with Crippen molar-refractivity contribution in [2.75, 3.05) is 46.0 Å². The number of sulfonamides is 1. The van der Waals surface area contributed by atoms with Crippen molar-refractivity contribution >= 4 is 28.4 Å². The van der Waals surface area contributed by atoms with E-state index in [2.05, 4.69) is 0 Å². The molecule has 10 heteroatoms. The summed E-state index contributed by atoms with van der Waals surface area (Å²) in [7, 11) is -3.51. The lowest BCUT2D eigenvalue weighted by Gasteiger charge is -2.32. The Morgan fingerprint density at radius 2 is 1.82 bits per heavy atom. The van der Waals surface area contributed by atoms with Crippen LogP contribution < -0.4 is 4.74 Å². The Kier molecular flexibility index (Phi) is 8.51. The minimum Gasteiger partial charge on any atom is -0.492 e. The molecule has 0 radical (unpaired) electrons. The van der Waals surface area contributed by atoms with Gasteiger partial charge >= 0.3 is 5.97 Å². The van der Waals surface area contributed by atoms with Crippen LogP contribution in [0.5, 0.6) is 5.75 Å². The quantitative estimate of drug-likeness (QED) is 0.693. The standard InChI is InChI=1S/C18H26N2O6S.ClH/c21-18(22)17-3-1-2-8-19(17)9-14-26-15-4-6-16(7-5-15)27(23,24)20-10-12-25-13-11-20;/h4-7,17H,1-3,8-14H2,(H,21,22);1H. The molecular formula is C18H27ClN2O6S. The summed E-state index contributed by atoms with van der Waals surface area (Å²) in [6, 6.07) is 5.92. The van der Waals surface area contributed by atoms with Gasteiger partial charge in [-0.25, -0.2) is 8.42 Å². The highest BCUT2D eigenvalue weighted by molar-refractivity contribution is 7.89. The van der Waals surface area contributed by atoms with Crippen LogP contribution in [-0.2, 0) is 19.6 Å². The monoisotopic (exact) mass is 434 g/mol. The number of aliphatic carboxylic acids is 1. The molecule has 0 aromatic heterocycles. The van der Waals surface area contributed by atoms with Crippen molar-refractivity contribution in [2.24, 2.45) is 0 Å². The molecule has 2 aliphatic heterocycles. The highest BCUT2D eigenvalue weighted by Gasteiger charge is 2.28. The first kappa shape index (κ1) is 22.9. The van der Waals surface area contributed by atoms with E-state index in [4.69, 9.17) is 9.47 Å². The summed E-state index contributed by atoms with van der Waals surface area (Å²) >= 11 is 0. The molecular weight excluding hydrogens is 408 g/mol. The molecule has 1 unspecified atom stereocenters. The first-order chi connectivity index (χ1) is 13.0. The maximum absolute atomic E-state index is 12.6. The van der Waals surface area contributed by atoms with Gasteiger partial charge < -0.3 is 14.6 Å². The van der Waals surface area contributed by atoms with Crippen LogP contribution in [0, 0.1) is 0 Å². The van der Waals surface area contributed by atoms with E-state index in [0.717, 1.165) is 19.4 Å². The van der Waals surface area contributed by atoms with E-state index in [1.807, 2.05) is 4.90 Å². The van der Waals surface area contributed by atoms with Gasteiger partial charge in [-0.1, -0.05) is 6.42 Å². The number of carboxylic acid groups (broad SMARTS) is 1. The number of likely N-dealkylation sites (tertiary alicyclic amines) is 1. The number of benzene rings is 1. The molecule has 0 amide bonds. The minimum absolute atomic E-state index is 0. The molecule has 0 saturated carbocycles. The minimum atomic E-state index is -3.51. The number of carbonyl (C=O) groups is 1. The molecule has 1 aromatic rings.